The van der Waals surface area contributed by atoms with Crippen molar-refractivity contribution in [2.75, 3.05) is 14.2 Å². The summed E-state index contributed by atoms with van der Waals surface area (Å²) in [6, 6.07) is 5.39. The normalized spacial score (nSPS) is 10.5. The van der Waals surface area contributed by atoms with Gasteiger partial charge in [0.05, 0.1) is 36.3 Å². The van der Waals surface area contributed by atoms with Gasteiger partial charge in [-0.25, -0.2) is 4.98 Å². The van der Waals surface area contributed by atoms with Gasteiger partial charge in [0.15, 0.2) is 0 Å². The van der Waals surface area contributed by atoms with Crippen LogP contribution in [-0.4, -0.2) is 29.9 Å². The lowest BCUT2D eigenvalue weighted by Crippen LogP contribution is -2.27. The molecule has 2 aromatic rings. The monoisotopic (exact) mass is 324 g/mol. The highest BCUT2D eigenvalue weighted by atomic mass is 35.5. The average molecular weight is 325 g/mol. The fourth-order valence-electron chi connectivity index (χ4n) is 1.91. The SMILES string of the molecule is COc1cc(CC(=O)N(C)Cc2scnc2C)ccc1Cl. The smallest absolute Gasteiger partial charge is 0.227 e. The molecule has 0 saturated heterocycles. The lowest BCUT2D eigenvalue weighted by Gasteiger charge is -2.17. The van der Waals surface area contributed by atoms with Crippen LogP contribution >= 0.6 is 22.9 Å². The van der Waals surface area contributed by atoms with Crippen molar-refractivity contribution in [1.82, 2.24) is 9.88 Å². The third kappa shape index (κ3) is 3.95. The van der Waals surface area contributed by atoms with E-state index >= 15 is 0 Å². The van der Waals surface area contributed by atoms with E-state index in [1.165, 1.54) is 0 Å². The molecule has 0 radical (unpaired) electrons. The average Bonchev–Trinajstić information content (AvgIpc) is 2.86. The maximum atomic E-state index is 12.3. The topological polar surface area (TPSA) is 42.4 Å². The highest BCUT2D eigenvalue weighted by Crippen LogP contribution is 2.25. The molecule has 1 aromatic carbocycles. The number of nitrogens with zero attached hydrogens (tertiary/aromatic N) is 2. The maximum absolute atomic E-state index is 12.3. The minimum atomic E-state index is 0.0483. The Balaban J connectivity index is 2.02. The summed E-state index contributed by atoms with van der Waals surface area (Å²) >= 11 is 7.55. The number of halogens is 1. The Morgan fingerprint density at radius 3 is 2.86 bits per heavy atom. The van der Waals surface area contributed by atoms with Gasteiger partial charge in [0, 0.05) is 11.9 Å². The highest BCUT2D eigenvalue weighted by molar-refractivity contribution is 7.09. The van der Waals surface area contributed by atoms with E-state index < -0.39 is 0 Å². The summed E-state index contributed by atoms with van der Waals surface area (Å²) in [6.45, 7) is 2.54. The number of likely N-dealkylation sites (N-methyl/N-ethyl adjacent to an activating group) is 1. The van der Waals surface area contributed by atoms with Gasteiger partial charge in [0.25, 0.3) is 0 Å². The first-order chi connectivity index (χ1) is 10.0. The first-order valence-electron chi connectivity index (χ1n) is 6.46. The standard InChI is InChI=1S/C15H17ClN2O2S/c1-10-14(21-9-17-10)8-18(2)15(19)7-11-4-5-12(16)13(6-11)20-3/h4-6,9H,7-8H2,1-3H3. The second-order valence-electron chi connectivity index (χ2n) is 4.76. The second-order valence-corrected chi connectivity index (χ2v) is 6.10. The van der Waals surface area contributed by atoms with Gasteiger partial charge in [0.1, 0.15) is 5.75 Å². The molecule has 0 spiro atoms. The van der Waals surface area contributed by atoms with Crippen molar-refractivity contribution >= 4 is 28.8 Å². The molecule has 0 atom stereocenters. The molecular weight excluding hydrogens is 308 g/mol. The zero-order valence-electron chi connectivity index (χ0n) is 12.2. The van der Waals surface area contributed by atoms with Gasteiger partial charge < -0.3 is 9.64 Å². The molecule has 0 aliphatic heterocycles. The Morgan fingerprint density at radius 1 is 1.48 bits per heavy atom. The van der Waals surface area contributed by atoms with E-state index in [2.05, 4.69) is 4.98 Å². The summed E-state index contributed by atoms with van der Waals surface area (Å²) in [5.74, 6) is 0.634. The number of carbonyl (C=O) groups is 1. The number of thiazole rings is 1. The summed E-state index contributed by atoms with van der Waals surface area (Å²) in [4.78, 5) is 19.3. The first-order valence-corrected chi connectivity index (χ1v) is 7.72. The molecule has 0 bridgehead atoms. The molecule has 0 N–H and O–H groups in total. The Hall–Kier alpha value is -1.59. The van der Waals surface area contributed by atoms with Crippen LogP contribution in [0.25, 0.3) is 0 Å². The van der Waals surface area contributed by atoms with E-state index in [0.717, 1.165) is 16.1 Å². The van der Waals surface area contributed by atoms with Crippen LogP contribution in [0.5, 0.6) is 5.75 Å². The Morgan fingerprint density at radius 2 is 2.24 bits per heavy atom. The predicted molar refractivity (Wildman–Crippen MR) is 85.0 cm³/mol. The van der Waals surface area contributed by atoms with Gasteiger partial charge in [-0.1, -0.05) is 17.7 Å². The minimum absolute atomic E-state index is 0.0483. The molecule has 21 heavy (non-hydrogen) atoms. The summed E-state index contributed by atoms with van der Waals surface area (Å²) < 4.78 is 5.17. The largest absolute Gasteiger partial charge is 0.495 e. The van der Waals surface area contributed by atoms with Crippen LogP contribution in [0.15, 0.2) is 23.7 Å². The number of aromatic nitrogens is 1. The van der Waals surface area contributed by atoms with Gasteiger partial charge in [-0.15, -0.1) is 11.3 Å². The molecule has 1 amide bonds. The van der Waals surface area contributed by atoms with Crippen molar-refractivity contribution in [2.24, 2.45) is 0 Å². The van der Waals surface area contributed by atoms with E-state index in [1.54, 1.807) is 48.0 Å². The predicted octanol–water partition coefficient (Wildman–Crippen LogP) is 3.31. The number of rotatable bonds is 5. The molecule has 6 heteroatoms. The van der Waals surface area contributed by atoms with Gasteiger partial charge in [0.2, 0.25) is 5.91 Å². The summed E-state index contributed by atoms with van der Waals surface area (Å²) in [5.41, 5.74) is 3.66. The number of hydrogen-bond donors (Lipinski definition) is 0. The molecular formula is C15H17ClN2O2S. The number of methoxy groups -OCH3 is 1. The Kier molecular flexibility index (Phi) is 5.20. The summed E-state index contributed by atoms with van der Waals surface area (Å²) in [5, 5.41) is 0.544. The van der Waals surface area contributed by atoms with E-state index in [4.69, 9.17) is 16.3 Å². The zero-order chi connectivity index (χ0) is 15.4. The van der Waals surface area contributed by atoms with Crippen molar-refractivity contribution in [3.05, 3.63) is 44.9 Å². The lowest BCUT2D eigenvalue weighted by atomic mass is 10.1. The van der Waals surface area contributed by atoms with Crippen LogP contribution in [-0.2, 0) is 17.8 Å². The van der Waals surface area contributed by atoms with E-state index in [9.17, 15) is 4.79 Å². The molecule has 112 valence electrons. The quantitative estimate of drug-likeness (QED) is 0.847. The van der Waals surface area contributed by atoms with Crippen LogP contribution in [0.1, 0.15) is 16.1 Å². The van der Waals surface area contributed by atoms with Gasteiger partial charge in [-0.3, -0.25) is 4.79 Å². The van der Waals surface area contributed by atoms with Crippen molar-refractivity contribution in [3.8, 4) is 5.75 Å². The van der Waals surface area contributed by atoms with Crippen molar-refractivity contribution in [2.45, 2.75) is 19.9 Å². The van der Waals surface area contributed by atoms with Crippen LogP contribution in [0.3, 0.4) is 0 Å². The van der Waals surface area contributed by atoms with Gasteiger partial charge in [-0.05, 0) is 24.6 Å². The molecule has 0 aliphatic carbocycles. The Bertz CT molecular complexity index is 642. The van der Waals surface area contributed by atoms with E-state index in [0.29, 0.717) is 23.7 Å². The third-order valence-electron chi connectivity index (χ3n) is 3.22. The maximum Gasteiger partial charge on any atom is 0.227 e. The highest BCUT2D eigenvalue weighted by Gasteiger charge is 2.13. The number of carbonyl (C=O) groups excluding carboxylic acids is 1. The Labute approximate surface area is 133 Å². The van der Waals surface area contributed by atoms with E-state index in [-0.39, 0.29) is 5.91 Å². The molecule has 0 fully saturated rings. The van der Waals surface area contributed by atoms with Crippen molar-refractivity contribution in [3.63, 3.8) is 0 Å². The molecule has 1 aromatic heterocycles. The summed E-state index contributed by atoms with van der Waals surface area (Å²) in [6.07, 6.45) is 0.321. The summed E-state index contributed by atoms with van der Waals surface area (Å²) in [7, 11) is 3.36. The van der Waals surface area contributed by atoms with Crippen LogP contribution in [0.2, 0.25) is 5.02 Å². The molecule has 0 aliphatic rings. The molecule has 0 saturated carbocycles. The molecule has 1 heterocycles. The minimum Gasteiger partial charge on any atom is -0.495 e. The fourth-order valence-corrected chi connectivity index (χ4v) is 2.93. The van der Waals surface area contributed by atoms with Crippen LogP contribution < -0.4 is 4.74 Å². The number of aryl methyl sites for hydroxylation is 1. The zero-order valence-corrected chi connectivity index (χ0v) is 13.8. The fraction of sp³-hybridized carbons (Fsp3) is 0.333. The molecule has 2 rings (SSSR count). The van der Waals surface area contributed by atoms with Crippen LogP contribution in [0, 0.1) is 6.92 Å². The number of ether oxygens (including phenoxy) is 1. The van der Waals surface area contributed by atoms with Gasteiger partial charge >= 0.3 is 0 Å². The van der Waals surface area contributed by atoms with Crippen molar-refractivity contribution in [1.29, 1.82) is 0 Å². The number of hydrogen-bond acceptors (Lipinski definition) is 4. The third-order valence-corrected chi connectivity index (χ3v) is 4.45. The van der Waals surface area contributed by atoms with Crippen LogP contribution in [0.4, 0.5) is 0 Å². The van der Waals surface area contributed by atoms with E-state index in [1.807, 2.05) is 13.0 Å². The number of benzene rings is 1. The number of amides is 1. The molecule has 4 nitrogen and oxygen atoms in total. The lowest BCUT2D eigenvalue weighted by molar-refractivity contribution is -0.129. The molecule has 0 unspecified atom stereocenters. The van der Waals surface area contributed by atoms with Crippen molar-refractivity contribution < 1.29 is 9.53 Å². The second kappa shape index (κ2) is 6.91. The first kappa shape index (κ1) is 15.8. The van der Waals surface area contributed by atoms with Gasteiger partial charge in [-0.2, -0.15) is 0 Å².